The fourth-order valence-electron chi connectivity index (χ4n) is 2.14. The summed E-state index contributed by atoms with van der Waals surface area (Å²) in [5.41, 5.74) is -0.427. The summed E-state index contributed by atoms with van der Waals surface area (Å²) in [6.07, 6.45) is 1.31. The molecule has 2 heterocycles. The first-order valence-electron chi connectivity index (χ1n) is 7.22. The molecule has 0 bridgehead atoms. The number of aromatic nitrogens is 4. The Morgan fingerprint density at radius 1 is 1.33 bits per heavy atom. The fourth-order valence-corrected chi connectivity index (χ4v) is 2.14. The van der Waals surface area contributed by atoms with Crippen LogP contribution < -0.4 is 5.56 Å². The van der Waals surface area contributed by atoms with Gasteiger partial charge in [0.15, 0.2) is 5.82 Å². The molecule has 0 saturated heterocycles. The topological polar surface area (TPSA) is 117 Å². The lowest BCUT2D eigenvalue weighted by Crippen LogP contribution is -2.21. The summed E-state index contributed by atoms with van der Waals surface area (Å²) in [6, 6.07) is 3.94. The lowest BCUT2D eigenvalue weighted by atomic mass is 9.96. The van der Waals surface area contributed by atoms with Crippen LogP contribution in [0.1, 0.15) is 32.5 Å². The quantitative estimate of drug-likeness (QED) is 0.533. The molecule has 0 spiro atoms. The van der Waals surface area contributed by atoms with Gasteiger partial charge in [0.1, 0.15) is 6.54 Å². The summed E-state index contributed by atoms with van der Waals surface area (Å²) in [7, 11) is 0. The van der Waals surface area contributed by atoms with E-state index >= 15 is 0 Å². The van der Waals surface area contributed by atoms with Gasteiger partial charge in [0.25, 0.3) is 11.2 Å². The van der Waals surface area contributed by atoms with Crippen LogP contribution >= 0.6 is 0 Å². The third-order valence-electron chi connectivity index (χ3n) is 3.46. The lowest BCUT2D eigenvalue weighted by Gasteiger charge is -2.10. The van der Waals surface area contributed by atoms with Crippen molar-refractivity contribution in [3.63, 3.8) is 0 Å². The average molecular weight is 329 g/mol. The number of fused-ring (bicyclic) bond motifs is 1. The van der Waals surface area contributed by atoms with Gasteiger partial charge in [-0.2, -0.15) is 4.98 Å². The van der Waals surface area contributed by atoms with E-state index in [1.165, 1.54) is 29.1 Å². The Balaban J connectivity index is 1.97. The van der Waals surface area contributed by atoms with Crippen molar-refractivity contribution in [1.82, 2.24) is 19.7 Å². The molecule has 0 saturated carbocycles. The van der Waals surface area contributed by atoms with Crippen molar-refractivity contribution in [3.05, 3.63) is 56.7 Å². The van der Waals surface area contributed by atoms with E-state index in [2.05, 4.69) is 15.1 Å². The van der Waals surface area contributed by atoms with E-state index in [0.29, 0.717) is 17.1 Å². The van der Waals surface area contributed by atoms with Crippen molar-refractivity contribution in [2.24, 2.45) is 0 Å². The zero-order chi connectivity index (χ0) is 17.5. The molecule has 0 aliphatic heterocycles. The average Bonchev–Trinajstić information content (AvgIpc) is 2.98. The molecular weight excluding hydrogens is 314 g/mol. The van der Waals surface area contributed by atoms with Gasteiger partial charge in [-0.05, 0) is 6.07 Å². The smallest absolute Gasteiger partial charge is 0.271 e. The molecule has 24 heavy (non-hydrogen) atoms. The number of hydrogen-bond acceptors (Lipinski definition) is 7. The highest BCUT2D eigenvalue weighted by atomic mass is 16.6. The molecule has 124 valence electrons. The van der Waals surface area contributed by atoms with Gasteiger partial charge in [-0.15, -0.1) is 0 Å². The molecule has 9 heteroatoms. The predicted molar refractivity (Wildman–Crippen MR) is 84.8 cm³/mol. The van der Waals surface area contributed by atoms with E-state index in [-0.39, 0.29) is 28.7 Å². The van der Waals surface area contributed by atoms with Crippen LogP contribution in [0.4, 0.5) is 5.69 Å². The van der Waals surface area contributed by atoms with Crippen molar-refractivity contribution in [1.29, 1.82) is 0 Å². The summed E-state index contributed by atoms with van der Waals surface area (Å²) in [6.45, 7) is 5.96. The van der Waals surface area contributed by atoms with Gasteiger partial charge < -0.3 is 4.52 Å². The number of rotatable bonds is 3. The Bertz CT molecular complexity index is 983. The summed E-state index contributed by atoms with van der Waals surface area (Å²) in [5, 5.41) is 15.0. The summed E-state index contributed by atoms with van der Waals surface area (Å²) >= 11 is 0. The maximum absolute atomic E-state index is 12.5. The van der Waals surface area contributed by atoms with Gasteiger partial charge in [-0.1, -0.05) is 25.9 Å². The molecular formula is C15H15N5O4. The third kappa shape index (κ3) is 2.87. The summed E-state index contributed by atoms with van der Waals surface area (Å²) < 4.78 is 6.50. The lowest BCUT2D eigenvalue weighted by molar-refractivity contribution is -0.384. The Kier molecular flexibility index (Phi) is 3.63. The maximum atomic E-state index is 12.5. The minimum Gasteiger partial charge on any atom is -0.337 e. The van der Waals surface area contributed by atoms with Crippen LogP contribution in [0.2, 0.25) is 0 Å². The molecule has 3 rings (SSSR count). The number of nitro benzene ring substituents is 1. The Hall–Kier alpha value is -3.10. The van der Waals surface area contributed by atoms with Gasteiger partial charge in [0.05, 0.1) is 22.2 Å². The van der Waals surface area contributed by atoms with Crippen LogP contribution in [0.5, 0.6) is 0 Å². The molecule has 0 aliphatic rings. The van der Waals surface area contributed by atoms with E-state index in [9.17, 15) is 14.9 Å². The molecule has 0 atom stereocenters. The number of benzene rings is 1. The highest BCUT2D eigenvalue weighted by molar-refractivity contribution is 5.79. The van der Waals surface area contributed by atoms with Crippen molar-refractivity contribution in [2.45, 2.75) is 32.7 Å². The Labute approximate surface area is 136 Å². The predicted octanol–water partition coefficient (Wildman–Crippen LogP) is 2.03. The molecule has 0 fully saturated rings. The number of nitrogens with zero attached hydrogens (tertiary/aromatic N) is 5. The van der Waals surface area contributed by atoms with Gasteiger partial charge in [-0.25, -0.2) is 4.98 Å². The second kappa shape index (κ2) is 5.52. The highest BCUT2D eigenvalue weighted by Gasteiger charge is 2.21. The van der Waals surface area contributed by atoms with E-state index in [1.54, 1.807) is 0 Å². The number of non-ortho nitro benzene ring substituents is 1. The first kappa shape index (κ1) is 15.8. The molecule has 0 amide bonds. The van der Waals surface area contributed by atoms with Gasteiger partial charge in [0, 0.05) is 17.5 Å². The van der Waals surface area contributed by atoms with Crippen LogP contribution in [0.15, 0.2) is 33.8 Å². The van der Waals surface area contributed by atoms with Crippen molar-refractivity contribution in [2.75, 3.05) is 0 Å². The minimum atomic E-state index is -0.529. The molecule has 1 aromatic carbocycles. The molecule has 0 N–H and O–H groups in total. The van der Waals surface area contributed by atoms with Gasteiger partial charge >= 0.3 is 0 Å². The van der Waals surface area contributed by atoms with Gasteiger partial charge in [-0.3, -0.25) is 19.5 Å². The number of nitro groups is 1. The largest absolute Gasteiger partial charge is 0.337 e. The second-order valence-electron chi connectivity index (χ2n) is 6.40. The molecule has 0 aliphatic carbocycles. The first-order chi connectivity index (χ1) is 11.3. The van der Waals surface area contributed by atoms with Crippen LogP contribution in [-0.4, -0.2) is 24.6 Å². The molecule has 9 nitrogen and oxygen atoms in total. The van der Waals surface area contributed by atoms with Crippen molar-refractivity contribution < 1.29 is 9.45 Å². The van der Waals surface area contributed by atoms with E-state index in [4.69, 9.17) is 4.52 Å². The molecule has 3 aromatic rings. The van der Waals surface area contributed by atoms with Crippen LogP contribution in [0, 0.1) is 10.1 Å². The van der Waals surface area contributed by atoms with E-state index in [1.807, 2.05) is 20.8 Å². The van der Waals surface area contributed by atoms with Crippen molar-refractivity contribution in [3.8, 4) is 0 Å². The second-order valence-corrected chi connectivity index (χ2v) is 6.40. The SMILES string of the molecule is CC(C)(C)c1noc(Cn2cnc3cc([N+](=O)[O-])ccc3c2=O)n1. The van der Waals surface area contributed by atoms with Crippen LogP contribution in [-0.2, 0) is 12.0 Å². The Morgan fingerprint density at radius 3 is 2.71 bits per heavy atom. The summed E-state index contributed by atoms with van der Waals surface area (Å²) in [4.78, 5) is 31.1. The van der Waals surface area contributed by atoms with E-state index in [0.717, 1.165) is 0 Å². The highest BCUT2D eigenvalue weighted by Crippen LogP contribution is 2.19. The van der Waals surface area contributed by atoms with Crippen LogP contribution in [0.3, 0.4) is 0 Å². The zero-order valence-electron chi connectivity index (χ0n) is 13.4. The summed E-state index contributed by atoms with van der Waals surface area (Å²) in [5.74, 6) is 0.847. The Morgan fingerprint density at radius 2 is 2.08 bits per heavy atom. The van der Waals surface area contributed by atoms with E-state index < -0.39 is 4.92 Å². The van der Waals surface area contributed by atoms with Crippen LogP contribution in [0.25, 0.3) is 10.9 Å². The standard InChI is InChI=1S/C15H15N5O4/c1-15(2,3)14-17-12(24-18-14)7-19-8-16-11-6-9(20(22)23)4-5-10(11)13(19)21/h4-6,8H,7H2,1-3H3. The third-order valence-corrected chi connectivity index (χ3v) is 3.46. The van der Waals surface area contributed by atoms with Gasteiger partial charge in [0.2, 0.25) is 5.89 Å². The molecule has 0 radical (unpaired) electrons. The molecule has 0 unspecified atom stereocenters. The monoisotopic (exact) mass is 329 g/mol. The fraction of sp³-hybridized carbons (Fsp3) is 0.333. The maximum Gasteiger partial charge on any atom is 0.271 e. The zero-order valence-corrected chi connectivity index (χ0v) is 13.4. The first-order valence-corrected chi connectivity index (χ1v) is 7.22. The minimum absolute atomic E-state index is 0.0852. The normalized spacial score (nSPS) is 11.8. The molecule has 2 aromatic heterocycles. The van der Waals surface area contributed by atoms with Crippen molar-refractivity contribution >= 4 is 16.6 Å². The number of hydrogen-bond donors (Lipinski definition) is 0.